The summed E-state index contributed by atoms with van der Waals surface area (Å²) in [6.07, 6.45) is 5.16. The Morgan fingerprint density at radius 3 is 3.18 bits per heavy atom. The second-order valence-electron chi connectivity index (χ2n) is 5.09. The SMILES string of the molecule is CC1CCCC(O)(CNC(=O)c2ccco2)C1. The van der Waals surface area contributed by atoms with Crippen molar-refractivity contribution in [2.75, 3.05) is 6.54 Å². The quantitative estimate of drug-likeness (QED) is 0.844. The highest BCUT2D eigenvalue weighted by Crippen LogP contribution is 2.31. The van der Waals surface area contributed by atoms with Crippen molar-refractivity contribution in [3.05, 3.63) is 24.2 Å². The molecule has 2 N–H and O–H groups in total. The molecule has 0 spiro atoms. The highest BCUT2D eigenvalue weighted by molar-refractivity contribution is 5.91. The Hall–Kier alpha value is -1.29. The van der Waals surface area contributed by atoms with E-state index < -0.39 is 5.60 Å². The number of hydrogen-bond acceptors (Lipinski definition) is 3. The molecule has 1 aliphatic carbocycles. The molecular weight excluding hydrogens is 218 g/mol. The van der Waals surface area contributed by atoms with Crippen molar-refractivity contribution in [1.82, 2.24) is 5.32 Å². The fourth-order valence-electron chi connectivity index (χ4n) is 2.53. The van der Waals surface area contributed by atoms with Gasteiger partial charge in [0, 0.05) is 6.54 Å². The number of furan rings is 1. The van der Waals surface area contributed by atoms with E-state index in [9.17, 15) is 9.90 Å². The number of aliphatic hydroxyl groups is 1. The van der Waals surface area contributed by atoms with Crippen molar-refractivity contribution < 1.29 is 14.3 Å². The molecule has 1 aliphatic rings. The molecule has 1 aromatic rings. The number of nitrogens with one attached hydrogen (secondary N) is 1. The van der Waals surface area contributed by atoms with Gasteiger partial charge in [-0.2, -0.15) is 0 Å². The first-order valence-corrected chi connectivity index (χ1v) is 6.13. The first kappa shape index (κ1) is 12.2. The summed E-state index contributed by atoms with van der Waals surface area (Å²) in [6.45, 7) is 2.44. The molecule has 94 valence electrons. The van der Waals surface area contributed by atoms with E-state index in [1.165, 1.54) is 6.26 Å². The number of carbonyl (C=O) groups excluding carboxylic acids is 1. The second-order valence-corrected chi connectivity index (χ2v) is 5.09. The molecule has 4 heteroatoms. The molecule has 1 heterocycles. The average Bonchev–Trinajstić information content (AvgIpc) is 2.79. The number of rotatable bonds is 3. The van der Waals surface area contributed by atoms with Crippen molar-refractivity contribution in [2.45, 2.75) is 38.2 Å². The van der Waals surface area contributed by atoms with Gasteiger partial charge in [0.25, 0.3) is 5.91 Å². The molecule has 0 bridgehead atoms. The van der Waals surface area contributed by atoms with Gasteiger partial charge in [0.15, 0.2) is 5.76 Å². The van der Waals surface area contributed by atoms with Crippen LogP contribution in [0.3, 0.4) is 0 Å². The van der Waals surface area contributed by atoms with E-state index >= 15 is 0 Å². The van der Waals surface area contributed by atoms with Crippen LogP contribution in [0.1, 0.15) is 43.2 Å². The molecule has 1 fully saturated rings. The summed E-state index contributed by atoms with van der Waals surface area (Å²) in [6, 6.07) is 3.29. The summed E-state index contributed by atoms with van der Waals surface area (Å²) in [5.74, 6) is 0.549. The van der Waals surface area contributed by atoms with Crippen LogP contribution in [-0.2, 0) is 0 Å². The molecule has 0 saturated heterocycles. The number of amides is 1. The van der Waals surface area contributed by atoms with Crippen LogP contribution in [0.15, 0.2) is 22.8 Å². The Morgan fingerprint density at radius 2 is 2.53 bits per heavy atom. The molecule has 1 aromatic heterocycles. The third kappa shape index (κ3) is 3.09. The highest BCUT2D eigenvalue weighted by Gasteiger charge is 2.33. The zero-order valence-electron chi connectivity index (χ0n) is 10.1. The van der Waals surface area contributed by atoms with E-state index in [4.69, 9.17) is 4.42 Å². The highest BCUT2D eigenvalue weighted by atomic mass is 16.3. The summed E-state index contributed by atoms with van der Waals surface area (Å²) in [5, 5.41) is 13.1. The summed E-state index contributed by atoms with van der Waals surface area (Å²) in [4.78, 5) is 11.7. The summed E-state index contributed by atoms with van der Waals surface area (Å²) < 4.78 is 5.00. The van der Waals surface area contributed by atoms with Crippen molar-refractivity contribution in [3.8, 4) is 0 Å². The van der Waals surface area contributed by atoms with E-state index in [2.05, 4.69) is 12.2 Å². The molecule has 0 aliphatic heterocycles. The Labute approximate surface area is 101 Å². The zero-order valence-corrected chi connectivity index (χ0v) is 10.1. The lowest BCUT2D eigenvalue weighted by Crippen LogP contribution is -2.45. The lowest BCUT2D eigenvalue weighted by molar-refractivity contribution is -0.0111. The summed E-state index contributed by atoms with van der Waals surface area (Å²) in [7, 11) is 0. The van der Waals surface area contributed by atoms with Crippen LogP contribution in [0.2, 0.25) is 0 Å². The largest absolute Gasteiger partial charge is 0.459 e. The van der Waals surface area contributed by atoms with Crippen molar-refractivity contribution in [3.63, 3.8) is 0 Å². The summed E-state index contributed by atoms with van der Waals surface area (Å²) >= 11 is 0. The third-order valence-corrected chi connectivity index (χ3v) is 3.39. The van der Waals surface area contributed by atoms with Crippen LogP contribution >= 0.6 is 0 Å². The maximum Gasteiger partial charge on any atom is 0.287 e. The van der Waals surface area contributed by atoms with Crippen LogP contribution in [-0.4, -0.2) is 23.2 Å². The Morgan fingerprint density at radius 1 is 1.71 bits per heavy atom. The van der Waals surface area contributed by atoms with Crippen LogP contribution < -0.4 is 5.32 Å². The smallest absolute Gasteiger partial charge is 0.287 e. The standard InChI is InChI=1S/C13H19NO3/c1-10-4-2-6-13(16,8-10)9-14-12(15)11-5-3-7-17-11/h3,5,7,10,16H,2,4,6,8-9H2,1H3,(H,14,15). The van der Waals surface area contributed by atoms with Crippen LogP contribution in [0.4, 0.5) is 0 Å². The fourth-order valence-corrected chi connectivity index (χ4v) is 2.53. The van der Waals surface area contributed by atoms with Gasteiger partial charge in [0.1, 0.15) is 0 Å². The van der Waals surface area contributed by atoms with Gasteiger partial charge in [-0.25, -0.2) is 0 Å². The first-order chi connectivity index (χ1) is 8.09. The van der Waals surface area contributed by atoms with E-state index in [0.29, 0.717) is 12.5 Å². The Balaban J connectivity index is 1.87. The molecule has 1 saturated carbocycles. The van der Waals surface area contributed by atoms with Crippen LogP contribution in [0.25, 0.3) is 0 Å². The number of carbonyl (C=O) groups is 1. The minimum Gasteiger partial charge on any atom is -0.459 e. The van der Waals surface area contributed by atoms with Crippen molar-refractivity contribution >= 4 is 5.91 Å². The van der Waals surface area contributed by atoms with Gasteiger partial charge in [0.05, 0.1) is 11.9 Å². The molecule has 1 amide bonds. The van der Waals surface area contributed by atoms with E-state index in [0.717, 1.165) is 25.7 Å². The van der Waals surface area contributed by atoms with Gasteiger partial charge in [-0.1, -0.05) is 19.8 Å². The third-order valence-electron chi connectivity index (χ3n) is 3.39. The van der Waals surface area contributed by atoms with Crippen molar-refractivity contribution in [2.24, 2.45) is 5.92 Å². The lowest BCUT2D eigenvalue weighted by atomic mass is 9.79. The summed E-state index contributed by atoms with van der Waals surface area (Å²) in [5.41, 5.74) is -0.750. The normalized spacial score (nSPS) is 28.9. The van der Waals surface area contributed by atoms with Gasteiger partial charge < -0.3 is 14.8 Å². The maximum absolute atomic E-state index is 11.7. The van der Waals surface area contributed by atoms with Crippen LogP contribution in [0, 0.1) is 5.92 Å². The topological polar surface area (TPSA) is 62.5 Å². The molecule has 0 aromatic carbocycles. The van der Waals surface area contributed by atoms with Gasteiger partial charge in [0.2, 0.25) is 0 Å². The van der Waals surface area contributed by atoms with Gasteiger partial charge >= 0.3 is 0 Å². The predicted molar refractivity (Wildman–Crippen MR) is 63.6 cm³/mol. The molecule has 4 nitrogen and oxygen atoms in total. The minimum atomic E-state index is -0.750. The zero-order chi connectivity index (χ0) is 12.3. The van der Waals surface area contributed by atoms with E-state index in [1.807, 2.05) is 0 Å². The molecular formula is C13H19NO3. The van der Waals surface area contributed by atoms with Crippen molar-refractivity contribution in [1.29, 1.82) is 0 Å². The van der Waals surface area contributed by atoms with E-state index in [-0.39, 0.29) is 11.7 Å². The molecule has 2 rings (SSSR count). The van der Waals surface area contributed by atoms with E-state index in [1.54, 1.807) is 12.1 Å². The van der Waals surface area contributed by atoms with Crippen LogP contribution in [0.5, 0.6) is 0 Å². The second kappa shape index (κ2) is 4.92. The Bertz CT molecular complexity index is 374. The first-order valence-electron chi connectivity index (χ1n) is 6.13. The average molecular weight is 237 g/mol. The van der Waals surface area contributed by atoms with Gasteiger partial charge in [-0.15, -0.1) is 0 Å². The molecule has 2 unspecified atom stereocenters. The predicted octanol–water partition coefficient (Wildman–Crippen LogP) is 1.95. The van der Waals surface area contributed by atoms with Gasteiger partial charge in [-0.05, 0) is 30.9 Å². The maximum atomic E-state index is 11.7. The Kier molecular flexibility index (Phi) is 3.52. The minimum absolute atomic E-state index is 0.262. The lowest BCUT2D eigenvalue weighted by Gasteiger charge is -2.35. The fraction of sp³-hybridized carbons (Fsp3) is 0.615. The molecule has 17 heavy (non-hydrogen) atoms. The molecule has 2 atom stereocenters. The van der Waals surface area contributed by atoms with Gasteiger partial charge in [-0.3, -0.25) is 4.79 Å². The monoisotopic (exact) mass is 237 g/mol. The molecule has 0 radical (unpaired) electrons. The number of hydrogen-bond donors (Lipinski definition) is 2.